The highest BCUT2D eigenvalue weighted by atomic mass is 16.5. The van der Waals surface area contributed by atoms with E-state index in [1.807, 2.05) is 0 Å². The van der Waals surface area contributed by atoms with Crippen molar-refractivity contribution in [3.8, 4) is 5.75 Å². The normalized spacial score (nSPS) is 17.9. The van der Waals surface area contributed by atoms with Crippen molar-refractivity contribution >= 4 is 0 Å². The van der Waals surface area contributed by atoms with Gasteiger partial charge in [-0.05, 0) is 47.7 Å². The molecule has 0 spiro atoms. The number of fused-ring (bicyclic) bond motifs is 1. The molecule has 98 valence electrons. The van der Waals surface area contributed by atoms with Gasteiger partial charge in [0.25, 0.3) is 0 Å². The lowest BCUT2D eigenvalue weighted by Crippen LogP contribution is -2.31. The monoisotopic (exact) mass is 253 g/mol. The lowest BCUT2D eigenvalue weighted by molar-refractivity contribution is 0.413. The number of methoxy groups -OCH3 is 1. The lowest BCUT2D eigenvalue weighted by atomic mass is 9.88. The van der Waals surface area contributed by atoms with Crippen LogP contribution in [0.1, 0.15) is 28.3 Å². The van der Waals surface area contributed by atoms with E-state index in [0.29, 0.717) is 6.04 Å². The van der Waals surface area contributed by atoms with Crippen molar-refractivity contribution in [2.24, 2.45) is 0 Å². The first-order valence-electron chi connectivity index (χ1n) is 6.75. The molecule has 1 unspecified atom stereocenters. The molecule has 0 bridgehead atoms. The summed E-state index contributed by atoms with van der Waals surface area (Å²) in [4.78, 5) is 0. The Labute approximate surface area is 114 Å². The second-order valence-corrected chi connectivity index (χ2v) is 5.06. The molecule has 0 fully saturated rings. The van der Waals surface area contributed by atoms with Gasteiger partial charge in [-0.1, -0.05) is 30.3 Å². The first kappa shape index (κ1) is 12.2. The van der Waals surface area contributed by atoms with Gasteiger partial charge >= 0.3 is 0 Å². The number of rotatable bonds is 2. The zero-order chi connectivity index (χ0) is 13.2. The summed E-state index contributed by atoms with van der Waals surface area (Å²) in [6.45, 7) is 3.19. The molecular formula is C17H19NO. The Kier molecular flexibility index (Phi) is 3.26. The molecule has 3 rings (SSSR count). The zero-order valence-corrected chi connectivity index (χ0v) is 11.4. The highest BCUT2D eigenvalue weighted by Crippen LogP contribution is 2.32. The first-order valence-corrected chi connectivity index (χ1v) is 6.75. The standard InChI is InChI=1S/C17H19NO/c1-12-5-3-4-6-15(12)17-16-8-7-14(19-2)11-13(16)9-10-18-17/h3-8,11,17-18H,9-10H2,1-2H3. The van der Waals surface area contributed by atoms with Gasteiger partial charge in [-0.15, -0.1) is 0 Å². The van der Waals surface area contributed by atoms with E-state index >= 15 is 0 Å². The van der Waals surface area contributed by atoms with Gasteiger partial charge in [0.2, 0.25) is 0 Å². The molecule has 1 N–H and O–H groups in total. The Morgan fingerprint density at radius 2 is 1.95 bits per heavy atom. The molecule has 2 aromatic rings. The Balaban J connectivity index is 2.06. The molecule has 0 saturated heterocycles. The Morgan fingerprint density at radius 1 is 1.11 bits per heavy atom. The van der Waals surface area contributed by atoms with Crippen LogP contribution >= 0.6 is 0 Å². The van der Waals surface area contributed by atoms with Crippen LogP contribution in [0.5, 0.6) is 5.75 Å². The molecule has 2 heteroatoms. The topological polar surface area (TPSA) is 21.3 Å². The molecule has 1 atom stereocenters. The fraction of sp³-hybridized carbons (Fsp3) is 0.294. The predicted molar refractivity (Wildman–Crippen MR) is 77.7 cm³/mol. The van der Waals surface area contributed by atoms with Crippen molar-refractivity contribution in [3.63, 3.8) is 0 Å². The van der Waals surface area contributed by atoms with Crippen LogP contribution < -0.4 is 10.1 Å². The minimum atomic E-state index is 0.302. The summed E-state index contributed by atoms with van der Waals surface area (Å²) in [5, 5.41) is 3.63. The largest absolute Gasteiger partial charge is 0.497 e. The number of benzene rings is 2. The van der Waals surface area contributed by atoms with E-state index in [0.717, 1.165) is 18.7 Å². The number of nitrogens with one attached hydrogen (secondary N) is 1. The summed E-state index contributed by atoms with van der Waals surface area (Å²) in [7, 11) is 1.72. The number of ether oxygens (including phenoxy) is 1. The van der Waals surface area contributed by atoms with Crippen LogP contribution in [0.4, 0.5) is 0 Å². The van der Waals surface area contributed by atoms with Gasteiger partial charge in [0.1, 0.15) is 5.75 Å². The van der Waals surface area contributed by atoms with Crippen LogP contribution in [0.25, 0.3) is 0 Å². The van der Waals surface area contributed by atoms with E-state index in [1.54, 1.807) is 7.11 Å². The van der Waals surface area contributed by atoms with E-state index in [-0.39, 0.29) is 0 Å². The van der Waals surface area contributed by atoms with Crippen LogP contribution in [0.3, 0.4) is 0 Å². The van der Waals surface area contributed by atoms with Crippen molar-refractivity contribution in [3.05, 3.63) is 64.7 Å². The average molecular weight is 253 g/mol. The van der Waals surface area contributed by atoms with Crippen molar-refractivity contribution in [1.82, 2.24) is 5.32 Å². The van der Waals surface area contributed by atoms with Crippen LogP contribution in [-0.2, 0) is 6.42 Å². The number of aryl methyl sites for hydroxylation is 1. The molecule has 1 aliphatic heterocycles. The highest BCUT2D eigenvalue weighted by molar-refractivity contribution is 5.45. The number of hydrogen-bond acceptors (Lipinski definition) is 2. The summed E-state index contributed by atoms with van der Waals surface area (Å²) in [5.41, 5.74) is 5.48. The van der Waals surface area contributed by atoms with Crippen molar-refractivity contribution in [2.75, 3.05) is 13.7 Å². The van der Waals surface area contributed by atoms with Gasteiger partial charge in [-0.3, -0.25) is 0 Å². The van der Waals surface area contributed by atoms with Gasteiger partial charge in [0, 0.05) is 6.54 Å². The van der Waals surface area contributed by atoms with Gasteiger partial charge in [0.05, 0.1) is 13.2 Å². The second-order valence-electron chi connectivity index (χ2n) is 5.06. The van der Waals surface area contributed by atoms with Gasteiger partial charge < -0.3 is 10.1 Å². The molecule has 0 radical (unpaired) electrons. The first-order chi connectivity index (χ1) is 9.29. The molecule has 0 saturated carbocycles. The molecule has 2 aromatic carbocycles. The SMILES string of the molecule is COc1ccc2c(c1)CCNC2c1ccccc1C. The minimum absolute atomic E-state index is 0.302. The van der Waals surface area contributed by atoms with Crippen molar-refractivity contribution in [1.29, 1.82) is 0 Å². The predicted octanol–water partition coefficient (Wildman–Crippen LogP) is 3.24. The maximum Gasteiger partial charge on any atom is 0.119 e. The third kappa shape index (κ3) is 2.24. The van der Waals surface area contributed by atoms with Crippen molar-refractivity contribution < 1.29 is 4.74 Å². The quantitative estimate of drug-likeness (QED) is 0.887. The fourth-order valence-electron chi connectivity index (χ4n) is 2.86. The molecule has 0 aliphatic carbocycles. The maximum absolute atomic E-state index is 5.32. The second kappa shape index (κ2) is 5.06. The summed E-state index contributed by atoms with van der Waals surface area (Å²) >= 11 is 0. The Hall–Kier alpha value is -1.80. The Morgan fingerprint density at radius 3 is 2.74 bits per heavy atom. The van der Waals surface area contributed by atoms with E-state index in [9.17, 15) is 0 Å². The fourth-order valence-corrected chi connectivity index (χ4v) is 2.86. The van der Waals surface area contributed by atoms with Gasteiger partial charge in [-0.25, -0.2) is 0 Å². The summed E-state index contributed by atoms with van der Waals surface area (Å²) in [6.07, 6.45) is 1.06. The lowest BCUT2D eigenvalue weighted by Gasteiger charge is -2.28. The van der Waals surface area contributed by atoms with Gasteiger partial charge in [0.15, 0.2) is 0 Å². The molecule has 2 nitrogen and oxygen atoms in total. The van der Waals surface area contributed by atoms with Crippen LogP contribution in [0.15, 0.2) is 42.5 Å². The van der Waals surface area contributed by atoms with E-state index in [1.165, 1.54) is 22.3 Å². The molecule has 1 aliphatic rings. The van der Waals surface area contributed by atoms with Crippen LogP contribution in [0, 0.1) is 6.92 Å². The molecule has 19 heavy (non-hydrogen) atoms. The highest BCUT2D eigenvalue weighted by Gasteiger charge is 2.22. The summed E-state index contributed by atoms with van der Waals surface area (Å²) < 4.78 is 5.32. The number of hydrogen-bond donors (Lipinski definition) is 1. The minimum Gasteiger partial charge on any atom is -0.497 e. The van der Waals surface area contributed by atoms with E-state index in [4.69, 9.17) is 4.74 Å². The zero-order valence-electron chi connectivity index (χ0n) is 11.4. The van der Waals surface area contributed by atoms with Crippen LogP contribution in [-0.4, -0.2) is 13.7 Å². The molecular weight excluding hydrogens is 234 g/mol. The molecule has 1 heterocycles. The average Bonchev–Trinajstić information content (AvgIpc) is 2.46. The van der Waals surface area contributed by atoms with E-state index in [2.05, 4.69) is 54.7 Å². The summed E-state index contributed by atoms with van der Waals surface area (Å²) in [5.74, 6) is 0.948. The Bertz CT molecular complexity index is 592. The smallest absolute Gasteiger partial charge is 0.119 e. The van der Waals surface area contributed by atoms with Crippen molar-refractivity contribution in [2.45, 2.75) is 19.4 Å². The molecule has 0 aromatic heterocycles. The maximum atomic E-state index is 5.32. The van der Waals surface area contributed by atoms with Crippen LogP contribution in [0.2, 0.25) is 0 Å². The third-order valence-corrected chi connectivity index (χ3v) is 3.90. The summed E-state index contributed by atoms with van der Waals surface area (Å²) in [6, 6.07) is 15.3. The molecule has 0 amide bonds. The van der Waals surface area contributed by atoms with E-state index < -0.39 is 0 Å². The third-order valence-electron chi connectivity index (χ3n) is 3.90. The van der Waals surface area contributed by atoms with Gasteiger partial charge in [-0.2, -0.15) is 0 Å².